The van der Waals surface area contributed by atoms with Crippen LogP contribution in [0.1, 0.15) is 24.5 Å². The van der Waals surface area contributed by atoms with Crippen molar-refractivity contribution in [2.75, 3.05) is 19.6 Å². The first-order chi connectivity index (χ1) is 10.3. The minimum Gasteiger partial charge on any atom is -0.349 e. The Morgan fingerprint density at radius 1 is 1.14 bits per heavy atom. The molecular formula is C19H24N2. The topological polar surface area (TPSA) is 15.3 Å². The molecule has 0 amide bonds. The maximum absolute atomic E-state index is 4.23. The molecule has 2 nitrogen and oxygen atoms in total. The number of nitrogens with one attached hydrogen (secondary N) is 1. The van der Waals surface area contributed by atoms with Crippen LogP contribution in [0.3, 0.4) is 0 Å². The van der Waals surface area contributed by atoms with E-state index >= 15 is 0 Å². The molecule has 2 heteroatoms. The number of nitrogens with zero attached hydrogens (tertiary/aromatic N) is 1. The molecule has 1 saturated heterocycles. The third kappa shape index (κ3) is 3.27. The number of benzene rings is 1. The number of fused-ring (bicyclic) bond motifs is 1. The molecule has 0 bridgehead atoms. The van der Waals surface area contributed by atoms with Crippen LogP contribution in [-0.4, -0.2) is 24.5 Å². The summed E-state index contributed by atoms with van der Waals surface area (Å²) < 4.78 is 0. The lowest BCUT2D eigenvalue weighted by atomic mass is 9.96. The third-order valence-corrected chi connectivity index (χ3v) is 4.38. The van der Waals surface area contributed by atoms with Crippen molar-refractivity contribution < 1.29 is 0 Å². The van der Waals surface area contributed by atoms with E-state index in [0.717, 1.165) is 38.9 Å². The Kier molecular flexibility index (Phi) is 4.26. The van der Waals surface area contributed by atoms with Gasteiger partial charge in [0.05, 0.1) is 0 Å². The quantitative estimate of drug-likeness (QED) is 0.909. The van der Waals surface area contributed by atoms with Crippen LogP contribution in [0.15, 0.2) is 60.0 Å². The number of aryl methyl sites for hydroxylation is 2. The molecule has 2 heterocycles. The van der Waals surface area contributed by atoms with Gasteiger partial charge in [0.2, 0.25) is 0 Å². The maximum atomic E-state index is 4.23. The highest BCUT2D eigenvalue weighted by atomic mass is 15.2. The highest BCUT2D eigenvalue weighted by molar-refractivity contribution is 5.44. The molecule has 110 valence electrons. The van der Waals surface area contributed by atoms with E-state index in [1.807, 2.05) is 0 Å². The zero-order valence-electron chi connectivity index (χ0n) is 12.9. The van der Waals surface area contributed by atoms with E-state index in [2.05, 4.69) is 60.3 Å². The second-order valence-electron chi connectivity index (χ2n) is 5.86. The molecule has 2 aliphatic heterocycles. The van der Waals surface area contributed by atoms with Gasteiger partial charge in [0.15, 0.2) is 0 Å². The van der Waals surface area contributed by atoms with E-state index in [0.29, 0.717) is 0 Å². The van der Waals surface area contributed by atoms with Crippen molar-refractivity contribution in [3.63, 3.8) is 0 Å². The molecule has 0 saturated carbocycles. The fraction of sp³-hybridized carbons (Fsp3) is 0.368. The number of hydrogen-bond acceptors (Lipinski definition) is 2. The summed E-state index contributed by atoms with van der Waals surface area (Å²) in [7, 11) is 0. The maximum Gasteiger partial charge on any atom is 0.0360 e. The zero-order valence-corrected chi connectivity index (χ0v) is 12.9. The fourth-order valence-electron chi connectivity index (χ4n) is 2.95. The molecule has 0 unspecified atom stereocenters. The normalized spacial score (nSPS) is 18.1. The molecule has 0 spiro atoms. The van der Waals surface area contributed by atoms with E-state index < -0.39 is 0 Å². The van der Waals surface area contributed by atoms with E-state index in [9.17, 15) is 0 Å². The molecule has 1 fully saturated rings. The summed E-state index contributed by atoms with van der Waals surface area (Å²) in [6.45, 7) is 9.51. The van der Waals surface area contributed by atoms with Gasteiger partial charge < -0.3 is 10.2 Å². The summed E-state index contributed by atoms with van der Waals surface area (Å²) in [5.74, 6) is 0. The molecular weight excluding hydrogens is 256 g/mol. The van der Waals surface area contributed by atoms with Gasteiger partial charge in [-0.2, -0.15) is 0 Å². The van der Waals surface area contributed by atoms with Crippen molar-refractivity contribution in [1.29, 1.82) is 0 Å². The van der Waals surface area contributed by atoms with Crippen LogP contribution in [0.4, 0.5) is 0 Å². The van der Waals surface area contributed by atoms with Crippen molar-refractivity contribution in [1.82, 2.24) is 10.2 Å². The van der Waals surface area contributed by atoms with Crippen LogP contribution in [-0.2, 0) is 12.8 Å². The van der Waals surface area contributed by atoms with Crippen LogP contribution in [0, 0.1) is 0 Å². The molecule has 1 N–H and O–H groups in total. The predicted octanol–water partition coefficient (Wildman–Crippen LogP) is 3.42. The van der Waals surface area contributed by atoms with E-state index in [-0.39, 0.29) is 0 Å². The second kappa shape index (κ2) is 6.31. The van der Waals surface area contributed by atoms with E-state index in [1.165, 1.54) is 28.0 Å². The SMILES string of the molecule is C=C1C=C2CNCCN2C=C1CCc1ccc(CC)cc1. The van der Waals surface area contributed by atoms with Gasteiger partial charge in [0.1, 0.15) is 0 Å². The third-order valence-electron chi connectivity index (χ3n) is 4.38. The zero-order chi connectivity index (χ0) is 14.7. The van der Waals surface area contributed by atoms with Gasteiger partial charge >= 0.3 is 0 Å². The van der Waals surface area contributed by atoms with Gasteiger partial charge in [0.25, 0.3) is 0 Å². The van der Waals surface area contributed by atoms with E-state index in [4.69, 9.17) is 0 Å². The second-order valence-corrected chi connectivity index (χ2v) is 5.86. The van der Waals surface area contributed by atoms with Crippen LogP contribution >= 0.6 is 0 Å². The van der Waals surface area contributed by atoms with Crippen LogP contribution in [0.2, 0.25) is 0 Å². The van der Waals surface area contributed by atoms with Gasteiger partial charge in [0, 0.05) is 31.5 Å². The minimum absolute atomic E-state index is 0.960. The lowest BCUT2D eigenvalue weighted by molar-refractivity contribution is 0.386. The number of rotatable bonds is 4. The first-order valence-electron chi connectivity index (χ1n) is 7.92. The van der Waals surface area contributed by atoms with Crippen molar-refractivity contribution in [3.8, 4) is 0 Å². The molecule has 0 atom stereocenters. The Labute approximate surface area is 127 Å². The number of allylic oxidation sites excluding steroid dienone is 3. The molecule has 0 aromatic heterocycles. The van der Waals surface area contributed by atoms with Crippen molar-refractivity contribution in [2.45, 2.75) is 26.2 Å². The smallest absolute Gasteiger partial charge is 0.0360 e. The standard InChI is InChI=1S/C19H24N2/c1-3-16-4-6-17(7-5-16)8-9-18-14-21-11-10-20-13-19(21)12-15(18)2/h4-7,12,14,20H,2-3,8-11,13H2,1H3. The summed E-state index contributed by atoms with van der Waals surface area (Å²) in [5.41, 5.74) is 6.72. The summed E-state index contributed by atoms with van der Waals surface area (Å²) in [6, 6.07) is 9.01. The van der Waals surface area contributed by atoms with Gasteiger partial charge in [-0.1, -0.05) is 37.8 Å². The average Bonchev–Trinajstić information content (AvgIpc) is 2.53. The molecule has 2 aliphatic rings. The first-order valence-corrected chi connectivity index (χ1v) is 7.92. The monoisotopic (exact) mass is 280 g/mol. The average molecular weight is 280 g/mol. The largest absolute Gasteiger partial charge is 0.349 e. The summed E-state index contributed by atoms with van der Waals surface area (Å²) in [6.07, 6.45) is 7.81. The lowest BCUT2D eigenvalue weighted by Crippen LogP contribution is -2.40. The Morgan fingerprint density at radius 2 is 1.90 bits per heavy atom. The van der Waals surface area contributed by atoms with Crippen molar-refractivity contribution in [3.05, 3.63) is 71.1 Å². The molecule has 21 heavy (non-hydrogen) atoms. The molecule has 3 rings (SSSR count). The van der Waals surface area contributed by atoms with Gasteiger partial charge in [-0.25, -0.2) is 0 Å². The summed E-state index contributed by atoms with van der Waals surface area (Å²) in [5, 5.41) is 3.41. The van der Waals surface area contributed by atoms with Gasteiger partial charge in [-0.15, -0.1) is 0 Å². The Bertz CT molecular complexity index is 578. The highest BCUT2D eigenvalue weighted by Crippen LogP contribution is 2.26. The predicted molar refractivity (Wildman–Crippen MR) is 89.0 cm³/mol. The number of hydrogen-bond donors (Lipinski definition) is 1. The number of piperazine rings is 1. The molecule has 1 aromatic rings. The Balaban J connectivity index is 1.64. The Hall–Kier alpha value is -1.80. The van der Waals surface area contributed by atoms with Crippen LogP contribution in [0.25, 0.3) is 0 Å². The van der Waals surface area contributed by atoms with Crippen molar-refractivity contribution >= 4 is 0 Å². The summed E-state index contributed by atoms with van der Waals surface area (Å²) >= 11 is 0. The summed E-state index contributed by atoms with van der Waals surface area (Å²) in [4.78, 5) is 2.38. The molecule has 0 aliphatic carbocycles. The van der Waals surface area contributed by atoms with Gasteiger partial charge in [-0.3, -0.25) is 0 Å². The highest BCUT2D eigenvalue weighted by Gasteiger charge is 2.18. The molecule has 1 aromatic carbocycles. The minimum atomic E-state index is 0.960. The molecule has 0 radical (unpaired) electrons. The van der Waals surface area contributed by atoms with E-state index in [1.54, 1.807) is 0 Å². The lowest BCUT2D eigenvalue weighted by Gasteiger charge is -2.33. The Morgan fingerprint density at radius 3 is 2.67 bits per heavy atom. The van der Waals surface area contributed by atoms with Crippen molar-refractivity contribution in [2.24, 2.45) is 0 Å². The van der Waals surface area contributed by atoms with Crippen LogP contribution < -0.4 is 5.32 Å². The van der Waals surface area contributed by atoms with Crippen LogP contribution in [0.5, 0.6) is 0 Å². The van der Waals surface area contributed by atoms with Gasteiger partial charge in [-0.05, 0) is 47.6 Å². The fourth-order valence-corrected chi connectivity index (χ4v) is 2.95. The first kappa shape index (κ1) is 14.2.